The molecule has 9 heteroatoms. The van der Waals surface area contributed by atoms with Crippen molar-refractivity contribution in [3.8, 4) is 17.8 Å². The lowest BCUT2D eigenvalue weighted by Crippen LogP contribution is -2.13. The summed E-state index contributed by atoms with van der Waals surface area (Å²) >= 11 is 0. The maximum atomic E-state index is 13.5. The molecule has 7 nitrogen and oxygen atoms in total. The fourth-order valence-electron chi connectivity index (χ4n) is 1.30. The first kappa shape index (κ1) is 13.9. The van der Waals surface area contributed by atoms with Gasteiger partial charge in [0.1, 0.15) is 0 Å². The zero-order valence-electron chi connectivity index (χ0n) is 10.4. The van der Waals surface area contributed by atoms with Gasteiger partial charge in [0, 0.05) is 0 Å². The molecule has 0 aliphatic heterocycles. The summed E-state index contributed by atoms with van der Waals surface area (Å²) in [5.41, 5.74) is 2.19. The van der Waals surface area contributed by atoms with Gasteiger partial charge in [-0.05, 0) is 19.1 Å². The Balaban J connectivity index is 2.32. The van der Waals surface area contributed by atoms with Crippen LogP contribution in [0.1, 0.15) is 6.92 Å². The largest absolute Gasteiger partial charge is 0.464 e. The number of aromatic nitrogens is 3. The van der Waals surface area contributed by atoms with Crippen molar-refractivity contribution in [3.05, 3.63) is 29.8 Å². The Morgan fingerprint density at radius 2 is 1.95 bits per heavy atom. The molecule has 0 fully saturated rings. The minimum absolute atomic E-state index is 0.0322. The summed E-state index contributed by atoms with van der Waals surface area (Å²) in [6, 6.07) is 3.16. The van der Waals surface area contributed by atoms with E-state index in [4.69, 9.17) is 15.3 Å². The van der Waals surface area contributed by atoms with Crippen LogP contribution < -0.4 is 20.7 Å². The fourth-order valence-corrected chi connectivity index (χ4v) is 1.30. The van der Waals surface area contributed by atoms with Crippen molar-refractivity contribution < 1.29 is 18.3 Å². The normalized spacial score (nSPS) is 10.2. The summed E-state index contributed by atoms with van der Waals surface area (Å²) in [5.74, 6) is 2.60. The third-order valence-corrected chi connectivity index (χ3v) is 2.11. The quantitative estimate of drug-likeness (QED) is 0.636. The van der Waals surface area contributed by atoms with Gasteiger partial charge in [0.25, 0.3) is 0 Å². The fraction of sp³-hybridized carbons (Fsp3) is 0.182. The molecule has 3 N–H and O–H groups in total. The number of rotatable bonds is 5. The van der Waals surface area contributed by atoms with Crippen LogP contribution in [-0.2, 0) is 0 Å². The molecule has 0 saturated carbocycles. The molecule has 0 bridgehead atoms. The highest BCUT2D eigenvalue weighted by Gasteiger charge is 2.13. The van der Waals surface area contributed by atoms with Crippen LogP contribution in [0.5, 0.6) is 17.8 Å². The number of benzene rings is 1. The highest BCUT2D eigenvalue weighted by Crippen LogP contribution is 2.24. The SMILES string of the molecule is CCOc1nc(NN)nc(Oc2cccc(F)c2F)n1. The van der Waals surface area contributed by atoms with Crippen molar-refractivity contribution in [2.75, 3.05) is 12.0 Å². The lowest BCUT2D eigenvalue weighted by Gasteiger charge is -2.08. The molecule has 0 saturated heterocycles. The molecular formula is C11H11F2N5O2. The van der Waals surface area contributed by atoms with E-state index < -0.39 is 11.6 Å². The molecular weight excluding hydrogens is 272 g/mol. The van der Waals surface area contributed by atoms with Crippen LogP contribution >= 0.6 is 0 Å². The van der Waals surface area contributed by atoms with Crippen molar-refractivity contribution in [3.63, 3.8) is 0 Å². The number of nitrogens with one attached hydrogen (secondary N) is 1. The van der Waals surface area contributed by atoms with Gasteiger partial charge >= 0.3 is 12.0 Å². The lowest BCUT2D eigenvalue weighted by molar-refractivity contribution is 0.302. The summed E-state index contributed by atoms with van der Waals surface area (Å²) in [5, 5.41) is 0. The molecule has 0 unspecified atom stereocenters. The number of nitrogen functional groups attached to an aromatic ring is 1. The Kier molecular flexibility index (Phi) is 4.20. The number of hydrogen-bond acceptors (Lipinski definition) is 7. The van der Waals surface area contributed by atoms with Crippen molar-refractivity contribution in [2.45, 2.75) is 6.92 Å². The first-order valence-corrected chi connectivity index (χ1v) is 5.61. The number of hydrazine groups is 1. The molecule has 0 radical (unpaired) electrons. The Labute approximate surface area is 112 Å². The number of ether oxygens (including phenoxy) is 2. The Morgan fingerprint density at radius 1 is 1.20 bits per heavy atom. The highest BCUT2D eigenvalue weighted by molar-refractivity contribution is 5.30. The van der Waals surface area contributed by atoms with Gasteiger partial charge in [0.2, 0.25) is 11.8 Å². The highest BCUT2D eigenvalue weighted by atomic mass is 19.2. The minimum Gasteiger partial charge on any atom is -0.464 e. The van der Waals surface area contributed by atoms with Crippen LogP contribution in [0.4, 0.5) is 14.7 Å². The van der Waals surface area contributed by atoms with Crippen LogP contribution in [0.2, 0.25) is 0 Å². The van der Waals surface area contributed by atoms with Crippen molar-refractivity contribution in [1.82, 2.24) is 15.0 Å². The zero-order chi connectivity index (χ0) is 14.5. The maximum Gasteiger partial charge on any atom is 0.330 e. The second-order valence-corrected chi connectivity index (χ2v) is 3.46. The average Bonchev–Trinajstić information content (AvgIpc) is 2.44. The Bertz CT molecular complexity index is 611. The molecule has 0 atom stereocenters. The topological polar surface area (TPSA) is 95.2 Å². The smallest absolute Gasteiger partial charge is 0.330 e. The van der Waals surface area contributed by atoms with E-state index in [1.807, 2.05) is 0 Å². The van der Waals surface area contributed by atoms with Crippen LogP contribution in [0, 0.1) is 11.6 Å². The van der Waals surface area contributed by atoms with E-state index in [2.05, 4.69) is 20.4 Å². The third kappa shape index (κ3) is 3.06. The van der Waals surface area contributed by atoms with E-state index in [1.165, 1.54) is 12.1 Å². The minimum atomic E-state index is -1.15. The van der Waals surface area contributed by atoms with Gasteiger partial charge in [0.15, 0.2) is 11.6 Å². The summed E-state index contributed by atoms with van der Waals surface area (Å²) in [7, 11) is 0. The third-order valence-electron chi connectivity index (χ3n) is 2.11. The summed E-state index contributed by atoms with van der Waals surface area (Å²) < 4.78 is 36.7. The molecule has 0 aliphatic carbocycles. The molecule has 20 heavy (non-hydrogen) atoms. The number of anilines is 1. The first-order valence-electron chi connectivity index (χ1n) is 5.61. The van der Waals surface area contributed by atoms with Crippen LogP contribution in [0.15, 0.2) is 18.2 Å². The van der Waals surface area contributed by atoms with Gasteiger partial charge in [-0.15, -0.1) is 4.98 Å². The lowest BCUT2D eigenvalue weighted by atomic mass is 10.3. The average molecular weight is 283 g/mol. The number of halogens is 2. The molecule has 2 aromatic rings. The van der Waals surface area contributed by atoms with Gasteiger partial charge in [0.05, 0.1) is 6.61 Å². The predicted octanol–water partition coefficient (Wildman–Crippen LogP) is 1.63. The number of hydrogen-bond donors (Lipinski definition) is 2. The van der Waals surface area contributed by atoms with Gasteiger partial charge in [-0.1, -0.05) is 6.07 Å². The van der Waals surface area contributed by atoms with E-state index in [0.717, 1.165) is 6.07 Å². The van der Waals surface area contributed by atoms with Gasteiger partial charge in [-0.3, -0.25) is 5.43 Å². The van der Waals surface area contributed by atoms with Crippen LogP contribution in [0.3, 0.4) is 0 Å². The summed E-state index contributed by atoms with van der Waals surface area (Å²) in [6.45, 7) is 2.04. The van der Waals surface area contributed by atoms with Crippen molar-refractivity contribution in [2.24, 2.45) is 5.84 Å². The van der Waals surface area contributed by atoms with Crippen LogP contribution in [-0.4, -0.2) is 21.6 Å². The molecule has 0 amide bonds. The van der Waals surface area contributed by atoms with E-state index in [-0.39, 0.29) is 23.7 Å². The maximum absolute atomic E-state index is 13.5. The molecule has 1 aromatic carbocycles. The van der Waals surface area contributed by atoms with E-state index in [9.17, 15) is 8.78 Å². The van der Waals surface area contributed by atoms with Crippen molar-refractivity contribution in [1.29, 1.82) is 0 Å². The number of nitrogens with two attached hydrogens (primary N) is 1. The molecule has 2 rings (SSSR count). The molecule has 0 spiro atoms. The second kappa shape index (κ2) is 6.06. The molecule has 1 heterocycles. The molecule has 106 valence electrons. The monoisotopic (exact) mass is 283 g/mol. The predicted molar refractivity (Wildman–Crippen MR) is 65.2 cm³/mol. The van der Waals surface area contributed by atoms with E-state index in [0.29, 0.717) is 6.61 Å². The summed E-state index contributed by atoms with van der Waals surface area (Å²) in [6.07, 6.45) is 0. The molecule has 1 aromatic heterocycles. The molecule has 0 aliphatic rings. The summed E-state index contributed by atoms with van der Waals surface area (Å²) in [4.78, 5) is 11.3. The van der Waals surface area contributed by atoms with Crippen molar-refractivity contribution >= 4 is 5.95 Å². The Hall–Kier alpha value is -2.55. The zero-order valence-corrected chi connectivity index (χ0v) is 10.4. The Morgan fingerprint density at radius 3 is 2.65 bits per heavy atom. The van der Waals surface area contributed by atoms with E-state index >= 15 is 0 Å². The van der Waals surface area contributed by atoms with Gasteiger partial charge in [-0.25, -0.2) is 10.2 Å². The standard InChI is InChI=1S/C11H11F2N5O2/c1-2-19-10-15-9(18-14)16-11(17-10)20-7-5-3-4-6(12)8(7)13/h3-5H,2,14H2,1H3,(H,15,16,17,18). The van der Waals surface area contributed by atoms with E-state index in [1.54, 1.807) is 6.92 Å². The number of nitrogens with zero attached hydrogens (tertiary/aromatic N) is 3. The van der Waals surface area contributed by atoms with Crippen LogP contribution in [0.25, 0.3) is 0 Å². The van der Waals surface area contributed by atoms with Gasteiger partial charge in [-0.2, -0.15) is 14.4 Å². The first-order chi connectivity index (χ1) is 9.63. The second-order valence-electron chi connectivity index (χ2n) is 3.46. The van der Waals surface area contributed by atoms with Gasteiger partial charge < -0.3 is 9.47 Å².